The topological polar surface area (TPSA) is 142 Å². The van der Waals surface area contributed by atoms with Crippen LogP contribution in [0.5, 0.6) is 5.88 Å². The van der Waals surface area contributed by atoms with E-state index in [1.54, 1.807) is 26.5 Å². The Hall–Kier alpha value is -2.53. The number of anilines is 2. The number of ether oxygens (including phenoxy) is 2. The lowest BCUT2D eigenvalue weighted by Gasteiger charge is -2.22. The minimum atomic E-state index is -1.02. The summed E-state index contributed by atoms with van der Waals surface area (Å²) in [4.78, 5) is 13.4. The smallest absolute Gasteiger partial charge is 0.224 e. The molecule has 0 bridgehead atoms. The molecule has 2 aromatic rings. The summed E-state index contributed by atoms with van der Waals surface area (Å²) >= 11 is 0. The van der Waals surface area contributed by atoms with E-state index in [1.165, 1.54) is 0 Å². The lowest BCUT2D eigenvalue weighted by molar-refractivity contribution is 0.00446. The molecule has 1 saturated carbocycles. The summed E-state index contributed by atoms with van der Waals surface area (Å²) < 4.78 is 10.2. The molecule has 1 fully saturated rings. The van der Waals surface area contributed by atoms with Crippen LogP contribution in [0.25, 0.3) is 11.1 Å². The molecule has 0 aliphatic heterocycles. The van der Waals surface area contributed by atoms with Gasteiger partial charge in [0.15, 0.2) is 0 Å². The standard InChI is InChI=1S/C20H29N5O5/c1-11-16(12-4-5-15(30-3)22-9-12)19(25-20(23-11)21-6-7-29-2)24-14-8-13(10-26)17(27)18(14)28/h4-5,9,13-14,17-18,26-28H,6-8,10H2,1-3H3,(H2,21,23,24,25)/t13-,14-,17-,18+/m1/s1. The molecule has 1 aliphatic rings. The third-order valence-corrected chi connectivity index (χ3v) is 5.27. The lowest BCUT2D eigenvalue weighted by Crippen LogP contribution is -2.35. The highest BCUT2D eigenvalue weighted by Gasteiger charge is 2.41. The molecule has 0 spiro atoms. The van der Waals surface area contributed by atoms with Crippen molar-refractivity contribution in [1.82, 2.24) is 15.0 Å². The Morgan fingerprint density at radius 3 is 2.57 bits per heavy atom. The van der Waals surface area contributed by atoms with Gasteiger partial charge in [-0.25, -0.2) is 9.97 Å². The molecule has 10 nitrogen and oxygen atoms in total. The number of aryl methyl sites for hydroxylation is 1. The number of hydrogen-bond acceptors (Lipinski definition) is 10. The van der Waals surface area contributed by atoms with Gasteiger partial charge in [0.2, 0.25) is 11.8 Å². The number of hydrogen-bond donors (Lipinski definition) is 5. The second-order valence-corrected chi connectivity index (χ2v) is 7.28. The van der Waals surface area contributed by atoms with E-state index in [0.717, 1.165) is 11.1 Å². The van der Waals surface area contributed by atoms with Crippen molar-refractivity contribution in [1.29, 1.82) is 0 Å². The van der Waals surface area contributed by atoms with Crippen molar-refractivity contribution in [3.05, 3.63) is 24.0 Å². The zero-order valence-electron chi connectivity index (χ0n) is 17.4. The molecule has 0 radical (unpaired) electrons. The average Bonchev–Trinajstić information content (AvgIpc) is 3.02. The van der Waals surface area contributed by atoms with Crippen molar-refractivity contribution >= 4 is 11.8 Å². The van der Waals surface area contributed by atoms with E-state index in [2.05, 4.69) is 25.6 Å². The second kappa shape index (κ2) is 9.98. The number of aromatic nitrogens is 3. The molecule has 0 unspecified atom stereocenters. The average molecular weight is 419 g/mol. The third-order valence-electron chi connectivity index (χ3n) is 5.27. The van der Waals surface area contributed by atoms with Gasteiger partial charge in [-0.15, -0.1) is 0 Å². The SMILES string of the molecule is COCCNc1nc(C)c(-c2ccc(OC)nc2)c(N[C@@H]2C[C@H](CO)[C@@H](O)[C@H]2O)n1. The minimum Gasteiger partial charge on any atom is -0.481 e. The van der Waals surface area contributed by atoms with Crippen LogP contribution in [0.4, 0.5) is 11.8 Å². The first-order chi connectivity index (χ1) is 14.5. The van der Waals surface area contributed by atoms with E-state index in [4.69, 9.17) is 9.47 Å². The zero-order chi connectivity index (χ0) is 21.7. The Kier molecular flexibility index (Phi) is 7.38. The van der Waals surface area contributed by atoms with Crippen molar-refractivity contribution in [3.63, 3.8) is 0 Å². The van der Waals surface area contributed by atoms with Crippen molar-refractivity contribution < 1.29 is 24.8 Å². The Balaban J connectivity index is 1.96. The molecule has 2 heterocycles. The number of nitrogens with one attached hydrogen (secondary N) is 2. The number of rotatable bonds is 9. The van der Waals surface area contributed by atoms with Gasteiger partial charge >= 0.3 is 0 Å². The van der Waals surface area contributed by atoms with Crippen molar-refractivity contribution in [2.24, 2.45) is 5.92 Å². The highest BCUT2D eigenvalue weighted by Crippen LogP contribution is 2.34. The summed E-state index contributed by atoms with van der Waals surface area (Å²) in [6.07, 6.45) is 0.0590. The van der Waals surface area contributed by atoms with Gasteiger partial charge in [0.25, 0.3) is 0 Å². The van der Waals surface area contributed by atoms with Gasteiger partial charge in [-0.1, -0.05) is 0 Å². The number of nitrogens with zero attached hydrogens (tertiary/aromatic N) is 3. The molecule has 10 heteroatoms. The Bertz CT molecular complexity index is 835. The molecule has 4 atom stereocenters. The normalized spacial score (nSPS) is 23.4. The molecule has 0 saturated heterocycles. The first-order valence-electron chi connectivity index (χ1n) is 9.83. The molecular weight excluding hydrogens is 390 g/mol. The van der Waals surface area contributed by atoms with Gasteiger partial charge in [-0.05, 0) is 19.4 Å². The molecule has 0 amide bonds. The summed E-state index contributed by atoms with van der Waals surface area (Å²) in [5.41, 5.74) is 2.23. The highest BCUT2D eigenvalue weighted by molar-refractivity contribution is 5.78. The van der Waals surface area contributed by atoms with Crippen LogP contribution in [0.1, 0.15) is 12.1 Å². The molecule has 164 valence electrons. The largest absolute Gasteiger partial charge is 0.481 e. The molecule has 30 heavy (non-hydrogen) atoms. The van der Waals surface area contributed by atoms with Crippen molar-refractivity contribution in [3.8, 4) is 17.0 Å². The molecule has 0 aromatic carbocycles. The molecule has 3 rings (SSSR count). The van der Waals surface area contributed by atoms with Crippen LogP contribution in [0.15, 0.2) is 18.3 Å². The summed E-state index contributed by atoms with van der Waals surface area (Å²) in [6.45, 7) is 2.71. The predicted molar refractivity (Wildman–Crippen MR) is 112 cm³/mol. The monoisotopic (exact) mass is 419 g/mol. The van der Waals surface area contributed by atoms with E-state index in [1.807, 2.05) is 13.0 Å². The Morgan fingerprint density at radius 1 is 1.17 bits per heavy atom. The van der Waals surface area contributed by atoms with Crippen LogP contribution in [0.3, 0.4) is 0 Å². The van der Waals surface area contributed by atoms with Gasteiger partial charge in [0.05, 0.1) is 31.6 Å². The molecule has 1 aliphatic carbocycles. The minimum absolute atomic E-state index is 0.196. The van der Waals surface area contributed by atoms with Gasteiger partial charge in [0, 0.05) is 49.6 Å². The van der Waals surface area contributed by atoms with Crippen LogP contribution in [-0.4, -0.2) is 82.5 Å². The van der Waals surface area contributed by atoms with Crippen molar-refractivity contribution in [2.75, 3.05) is 44.6 Å². The maximum atomic E-state index is 10.4. The van der Waals surface area contributed by atoms with Crippen LogP contribution >= 0.6 is 0 Å². The number of methoxy groups -OCH3 is 2. The highest BCUT2D eigenvalue weighted by atomic mass is 16.5. The fourth-order valence-corrected chi connectivity index (χ4v) is 3.64. The van der Waals surface area contributed by atoms with E-state index >= 15 is 0 Å². The van der Waals surface area contributed by atoms with Crippen molar-refractivity contribution in [2.45, 2.75) is 31.6 Å². The number of pyridine rings is 1. The van der Waals surface area contributed by atoms with Gasteiger partial charge in [-0.2, -0.15) is 4.98 Å². The fraction of sp³-hybridized carbons (Fsp3) is 0.550. The van der Waals surface area contributed by atoms with Crippen LogP contribution in [0, 0.1) is 12.8 Å². The molecular formula is C20H29N5O5. The van der Waals surface area contributed by atoms with Crippen LogP contribution in [0.2, 0.25) is 0 Å². The summed E-state index contributed by atoms with van der Waals surface area (Å²) in [5, 5.41) is 36.4. The van der Waals surface area contributed by atoms with Gasteiger partial charge < -0.3 is 35.4 Å². The molecule has 5 N–H and O–H groups in total. The first-order valence-corrected chi connectivity index (χ1v) is 9.83. The first kappa shape index (κ1) is 22.2. The second-order valence-electron chi connectivity index (χ2n) is 7.28. The lowest BCUT2D eigenvalue weighted by atomic mass is 10.1. The van der Waals surface area contributed by atoms with E-state index in [0.29, 0.717) is 42.9 Å². The number of aliphatic hydroxyl groups is 3. The fourth-order valence-electron chi connectivity index (χ4n) is 3.64. The maximum Gasteiger partial charge on any atom is 0.224 e. The quantitative estimate of drug-likeness (QED) is 0.363. The Morgan fingerprint density at radius 2 is 1.97 bits per heavy atom. The van der Waals surface area contributed by atoms with Gasteiger partial charge in [-0.3, -0.25) is 0 Å². The third kappa shape index (κ3) is 4.78. The zero-order valence-corrected chi connectivity index (χ0v) is 17.4. The number of aliphatic hydroxyl groups excluding tert-OH is 3. The molecule has 2 aromatic heterocycles. The summed E-state index contributed by atoms with van der Waals surface area (Å²) in [5.74, 6) is 1.02. The Labute approximate surface area is 175 Å². The maximum absolute atomic E-state index is 10.4. The van der Waals surface area contributed by atoms with E-state index in [-0.39, 0.29) is 6.61 Å². The summed E-state index contributed by atoms with van der Waals surface area (Å²) in [6, 6.07) is 3.14. The van der Waals surface area contributed by atoms with E-state index in [9.17, 15) is 15.3 Å². The van der Waals surface area contributed by atoms with E-state index < -0.39 is 24.2 Å². The van der Waals surface area contributed by atoms with Crippen LogP contribution < -0.4 is 15.4 Å². The van der Waals surface area contributed by atoms with Crippen LogP contribution in [-0.2, 0) is 4.74 Å². The van der Waals surface area contributed by atoms with Gasteiger partial charge in [0.1, 0.15) is 11.9 Å². The summed E-state index contributed by atoms with van der Waals surface area (Å²) in [7, 11) is 3.17. The predicted octanol–water partition coefficient (Wildman–Crippen LogP) is 0.428.